The Morgan fingerprint density at radius 2 is 1.95 bits per heavy atom. The molecule has 0 bridgehead atoms. The van der Waals surface area contributed by atoms with Gasteiger partial charge in [-0.3, -0.25) is 9.69 Å². The van der Waals surface area contributed by atoms with Gasteiger partial charge in [0, 0.05) is 31.7 Å². The van der Waals surface area contributed by atoms with E-state index in [9.17, 15) is 4.79 Å². The zero-order chi connectivity index (χ0) is 15.1. The van der Waals surface area contributed by atoms with Gasteiger partial charge >= 0.3 is 0 Å². The first-order valence-corrected chi connectivity index (χ1v) is 7.60. The van der Waals surface area contributed by atoms with E-state index in [4.69, 9.17) is 9.84 Å². The largest absolute Gasteiger partial charge is 0.494 e. The molecule has 1 fully saturated rings. The Kier molecular flexibility index (Phi) is 6.02. The van der Waals surface area contributed by atoms with Crippen molar-refractivity contribution in [3.8, 4) is 5.75 Å². The zero-order valence-corrected chi connectivity index (χ0v) is 12.6. The first-order valence-electron chi connectivity index (χ1n) is 7.60. The lowest BCUT2D eigenvalue weighted by atomic mass is 10.2. The van der Waals surface area contributed by atoms with Crippen LogP contribution in [0.1, 0.15) is 23.7 Å². The SMILES string of the molecule is CCOc1ccc(C(=O)N2CCCN(CCO)CC2)cc1. The summed E-state index contributed by atoms with van der Waals surface area (Å²) < 4.78 is 5.39. The van der Waals surface area contributed by atoms with Gasteiger partial charge in [-0.1, -0.05) is 0 Å². The molecular weight excluding hydrogens is 268 g/mol. The number of carbonyl (C=O) groups is 1. The van der Waals surface area contributed by atoms with E-state index in [1.165, 1.54) is 0 Å². The van der Waals surface area contributed by atoms with Gasteiger partial charge in [-0.15, -0.1) is 0 Å². The fourth-order valence-electron chi connectivity index (χ4n) is 2.58. The maximum absolute atomic E-state index is 12.5. The minimum absolute atomic E-state index is 0.0731. The molecule has 1 saturated heterocycles. The molecule has 1 N–H and O–H groups in total. The number of hydrogen-bond acceptors (Lipinski definition) is 4. The van der Waals surface area contributed by atoms with Crippen molar-refractivity contribution in [2.24, 2.45) is 0 Å². The second-order valence-corrected chi connectivity index (χ2v) is 5.17. The standard InChI is InChI=1S/C16H24N2O3/c1-2-21-15-6-4-14(5-7-15)16(20)18-9-3-8-17(10-11-18)12-13-19/h4-7,19H,2-3,8-13H2,1H3. The number of hydrogen-bond donors (Lipinski definition) is 1. The average Bonchev–Trinajstić information content (AvgIpc) is 2.74. The third kappa shape index (κ3) is 4.44. The van der Waals surface area contributed by atoms with Crippen molar-refractivity contribution in [2.75, 3.05) is 45.9 Å². The van der Waals surface area contributed by atoms with Crippen LogP contribution in [0.5, 0.6) is 5.75 Å². The van der Waals surface area contributed by atoms with Crippen molar-refractivity contribution < 1.29 is 14.6 Å². The number of aliphatic hydroxyl groups excluding tert-OH is 1. The zero-order valence-electron chi connectivity index (χ0n) is 12.6. The van der Waals surface area contributed by atoms with Crippen molar-refractivity contribution in [1.29, 1.82) is 0 Å². The molecule has 1 amide bonds. The van der Waals surface area contributed by atoms with Crippen molar-refractivity contribution in [3.63, 3.8) is 0 Å². The van der Waals surface area contributed by atoms with Crippen LogP contribution in [0.15, 0.2) is 24.3 Å². The highest BCUT2D eigenvalue weighted by Crippen LogP contribution is 2.15. The summed E-state index contributed by atoms with van der Waals surface area (Å²) in [4.78, 5) is 16.6. The predicted molar refractivity (Wildman–Crippen MR) is 81.7 cm³/mol. The van der Waals surface area contributed by atoms with Crippen LogP contribution in [0.4, 0.5) is 0 Å². The predicted octanol–water partition coefficient (Wildman–Crippen LogP) is 1.23. The van der Waals surface area contributed by atoms with E-state index in [-0.39, 0.29) is 12.5 Å². The fourth-order valence-corrected chi connectivity index (χ4v) is 2.58. The van der Waals surface area contributed by atoms with Gasteiger partial charge in [0.15, 0.2) is 0 Å². The Hall–Kier alpha value is -1.59. The van der Waals surface area contributed by atoms with Gasteiger partial charge in [0.05, 0.1) is 13.2 Å². The molecule has 0 unspecified atom stereocenters. The van der Waals surface area contributed by atoms with Gasteiger partial charge < -0.3 is 14.7 Å². The maximum Gasteiger partial charge on any atom is 0.253 e. The molecule has 0 spiro atoms. The highest BCUT2D eigenvalue weighted by atomic mass is 16.5. The van der Waals surface area contributed by atoms with Gasteiger partial charge in [0.25, 0.3) is 5.91 Å². The number of β-amino-alcohol motifs (C(OH)–C–C–N with tert-alkyl or cyclic N) is 1. The summed E-state index contributed by atoms with van der Waals surface area (Å²) in [7, 11) is 0. The van der Waals surface area contributed by atoms with E-state index in [1.807, 2.05) is 36.1 Å². The summed E-state index contributed by atoms with van der Waals surface area (Å²) in [6.07, 6.45) is 0.947. The molecule has 0 saturated carbocycles. The summed E-state index contributed by atoms with van der Waals surface area (Å²) in [5, 5.41) is 9.00. The van der Waals surface area contributed by atoms with Crippen LogP contribution >= 0.6 is 0 Å². The number of carbonyl (C=O) groups excluding carboxylic acids is 1. The van der Waals surface area contributed by atoms with Crippen LogP contribution in [0.25, 0.3) is 0 Å². The Morgan fingerprint density at radius 1 is 1.19 bits per heavy atom. The third-order valence-corrected chi connectivity index (χ3v) is 3.70. The first-order chi connectivity index (χ1) is 10.2. The van der Waals surface area contributed by atoms with Crippen molar-refractivity contribution in [1.82, 2.24) is 9.80 Å². The summed E-state index contributed by atoms with van der Waals surface area (Å²) >= 11 is 0. The van der Waals surface area contributed by atoms with Crippen LogP contribution in [-0.4, -0.2) is 66.8 Å². The van der Waals surface area contributed by atoms with Gasteiger partial charge in [0.1, 0.15) is 5.75 Å². The fraction of sp³-hybridized carbons (Fsp3) is 0.562. The van der Waals surface area contributed by atoms with Gasteiger partial charge in [-0.2, -0.15) is 0 Å². The molecule has 116 valence electrons. The molecule has 1 aliphatic heterocycles. The highest BCUT2D eigenvalue weighted by molar-refractivity contribution is 5.94. The molecule has 0 aliphatic carbocycles. The van der Waals surface area contributed by atoms with Crippen molar-refractivity contribution >= 4 is 5.91 Å². The number of benzene rings is 1. The second-order valence-electron chi connectivity index (χ2n) is 5.17. The first kappa shape index (κ1) is 15.8. The molecule has 0 radical (unpaired) electrons. The molecule has 0 atom stereocenters. The molecule has 5 heteroatoms. The van der Waals surface area contributed by atoms with Crippen LogP contribution in [0.2, 0.25) is 0 Å². The van der Waals surface area contributed by atoms with Crippen LogP contribution in [0.3, 0.4) is 0 Å². The number of amides is 1. The molecule has 0 aromatic heterocycles. The summed E-state index contributed by atoms with van der Waals surface area (Å²) in [6.45, 7) is 6.67. The lowest BCUT2D eigenvalue weighted by Gasteiger charge is -2.21. The minimum Gasteiger partial charge on any atom is -0.494 e. The van der Waals surface area contributed by atoms with Crippen molar-refractivity contribution in [2.45, 2.75) is 13.3 Å². The van der Waals surface area contributed by atoms with Crippen LogP contribution < -0.4 is 4.74 Å². The molecular formula is C16H24N2O3. The van der Waals surface area contributed by atoms with E-state index < -0.39 is 0 Å². The number of ether oxygens (including phenoxy) is 1. The van der Waals surface area contributed by atoms with E-state index in [0.29, 0.717) is 25.3 Å². The Labute approximate surface area is 126 Å². The molecule has 5 nitrogen and oxygen atoms in total. The molecule has 1 heterocycles. The van der Waals surface area contributed by atoms with Crippen molar-refractivity contribution in [3.05, 3.63) is 29.8 Å². The summed E-state index contributed by atoms with van der Waals surface area (Å²) in [5.74, 6) is 0.864. The van der Waals surface area contributed by atoms with Crippen LogP contribution in [-0.2, 0) is 0 Å². The van der Waals surface area contributed by atoms with E-state index >= 15 is 0 Å². The Morgan fingerprint density at radius 3 is 2.62 bits per heavy atom. The molecule has 1 aromatic rings. The number of nitrogens with zero attached hydrogens (tertiary/aromatic N) is 2. The number of rotatable bonds is 5. The molecule has 2 rings (SSSR count). The second kappa shape index (κ2) is 8.00. The van der Waals surface area contributed by atoms with E-state index in [0.717, 1.165) is 31.8 Å². The maximum atomic E-state index is 12.5. The summed E-state index contributed by atoms with van der Waals surface area (Å²) in [6, 6.07) is 7.33. The molecule has 1 aromatic carbocycles. The number of aliphatic hydroxyl groups is 1. The van der Waals surface area contributed by atoms with E-state index in [2.05, 4.69) is 4.90 Å². The lowest BCUT2D eigenvalue weighted by Crippen LogP contribution is -2.35. The van der Waals surface area contributed by atoms with Gasteiger partial charge in [-0.25, -0.2) is 0 Å². The monoisotopic (exact) mass is 292 g/mol. The molecule has 21 heavy (non-hydrogen) atoms. The smallest absolute Gasteiger partial charge is 0.253 e. The van der Waals surface area contributed by atoms with Gasteiger partial charge in [-0.05, 0) is 44.2 Å². The Bertz CT molecular complexity index is 447. The quantitative estimate of drug-likeness (QED) is 0.887. The van der Waals surface area contributed by atoms with Gasteiger partial charge in [0.2, 0.25) is 0 Å². The average molecular weight is 292 g/mol. The molecule has 1 aliphatic rings. The summed E-state index contributed by atoms with van der Waals surface area (Å²) in [5.41, 5.74) is 0.703. The third-order valence-electron chi connectivity index (χ3n) is 3.70. The topological polar surface area (TPSA) is 53.0 Å². The normalized spacial score (nSPS) is 16.6. The highest BCUT2D eigenvalue weighted by Gasteiger charge is 2.19. The van der Waals surface area contributed by atoms with E-state index in [1.54, 1.807) is 0 Å². The Balaban J connectivity index is 1.95. The van der Waals surface area contributed by atoms with Crippen LogP contribution in [0, 0.1) is 0 Å². The minimum atomic E-state index is 0.0731. The lowest BCUT2D eigenvalue weighted by molar-refractivity contribution is 0.0760.